The Morgan fingerprint density at radius 3 is 2.69 bits per heavy atom. The maximum atomic E-state index is 13.1. The maximum Gasteiger partial charge on any atom is 0.302 e. The average molecular weight is 391 g/mol. The fourth-order valence-electron chi connectivity index (χ4n) is 2.91. The summed E-state index contributed by atoms with van der Waals surface area (Å²) in [5, 5.41) is 3.20. The highest BCUT2D eigenvalue weighted by molar-refractivity contribution is 5.91. The van der Waals surface area contributed by atoms with E-state index in [1.54, 1.807) is 42.5 Å². The molecule has 0 saturated carbocycles. The van der Waals surface area contributed by atoms with Crippen LogP contribution in [-0.4, -0.2) is 20.4 Å². The number of pyridine rings is 1. The van der Waals surface area contributed by atoms with Crippen LogP contribution in [0.15, 0.2) is 66.9 Å². The number of carbonyl (C=O) groups is 1. The molecular weight excluding hydrogens is 373 g/mol. The van der Waals surface area contributed by atoms with Gasteiger partial charge >= 0.3 is 5.91 Å². The highest BCUT2D eigenvalue weighted by Crippen LogP contribution is 2.26. The number of benzene rings is 2. The van der Waals surface area contributed by atoms with Crippen LogP contribution in [0.1, 0.15) is 17.4 Å². The van der Waals surface area contributed by atoms with Gasteiger partial charge < -0.3 is 14.7 Å². The van der Waals surface area contributed by atoms with E-state index in [9.17, 15) is 9.18 Å². The monoisotopic (exact) mass is 391 g/mol. The Hall–Kier alpha value is -3.94. The van der Waals surface area contributed by atoms with Crippen LogP contribution in [0.25, 0.3) is 11.0 Å². The van der Waals surface area contributed by atoms with Gasteiger partial charge in [0.1, 0.15) is 11.5 Å². The Morgan fingerprint density at radius 1 is 1.14 bits per heavy atom. The van der Waals surface area contributed by atoms with Crippen LogP contribution < -0.4 is 15.6 Å². The van der Waals surface area contributed by atoms with E-state index < -0.39 is 5.91 Å². The molecule has 0 saturated heterocycles. The molecular formula is C21H18FN5O2. The van der Waals surface area contributed by atoms with Gasteiger partial charge in [-0.25, -0.2) is 9.37 Å². The van der Waals surface area contributed by atoms with Crippen molar-refractivity contribution in [2.75, 3.05) is 5.32 Å². The van der Waals surface area contributed by atoms with Crippen molar-refractivity contribution >= 4 is 28.6 Å². The smallest absolute Gasteiger partial charge is 0.302 e. The minimum atomic E-state index is -0.441. The first kappa shape index (κ1) is 18.4. The lowest BCUT2D eigenvalue weighted by atomic mass is 10.3. The number of amides is 1. The van der Waals surface area contributed by atoms with E-state index in [2.05, 4.69) is 20.8 Å². The molecule has 29 heavy (non-hydrogen) atoms. The van der Waals surface area contributed by atoms with Crippen LogP contribution in [0, 0.1) is 5.82 Å². The number of hydrogen-bond donors (Lipinski definition) is 2. The van der Waals surface area contributed by atoms with Gasteiger partial charge in [-0.3, -0.25) is 9.78 Å². The van der Waals surface area contributed by atoms with Gasteiger partial charge in [0.25, 0.3) is 0 Å². The van der Waals surface area contributed by atoms with Crippen LogP contribution in [0.2, 0.25) is 0 Å². The van der Waals surface area contributed by atoms with Gasteiger partial charge in [0, 0.05) is 24.5 Å². The van der Waals surface area contributed by atoms with Crippen molar-refractivity contribution in [3.63, 3.8) is 0 Å². The zero-order valence-corrected chi connectivity index (χ0v) is 15.6. The highest BCUT2D eigenvalue weighted by atomic mass is 19.1. The van der Waals surface area contributed by atoms with Crippen molar-refractivity contribution in [1.29, 1.82) is 0 Å². The molecule has 0 aliphatic heterocycles. The number of nitrogens with zero attached hydrogens (tertiary/aromatic N) is 3. The molecule has 2 heterocycles. The van der Waals surface area contributed by atoms with E-state index in [1.807, 2.05) is 17.6 Å². The molecule has 8 heteroatoms. The van der Waals surface area contributed by atoms with Crippen LogP contribution in [-0.2, 0) is 6.54 Å². The third kappa shape index (κ3) is 4.01. The number of carbonyl (C=O) groups excluding carboxylic acids is 1. The average Bonchev–Trinajstić information content (AvgIpc) is 3.10. The number of aryl methyl sites for hydroxylation is 1. The predicted octanol–water partition coefficient (Wildman–Crippen LogP) is 4.06. The first-order valence-corrected chi connectivity index (χ1v) is 9.05. The Kier molecular flexibility index (Phi) is 5.07. The molecule has 0 atom stereocenters. The summed E-state index contributed by atoms with van der Waals surface area (Å²) in [6.45, 7) is 2.70. The van der Waals surface area contributed by atoms with Crippen LogP contribution >= 0.6 is 0 Å². The summed E-state index contributed by atoms with van der Waals surface area (Å²) in [6.07, 6.45) is 1.54. The Bertz CT molecular complexity index is 1140. The summed E-state index contributed by atoms with van der Waals surface area (Å²) >= 11 is 0. The molecule has 2 aromatic carbocycles. The number of fused-ring (bicyclic) bond motifs is 1. The standard InChI is InChI=1S/C21H18FN5O2/c1-2-27-19-11-10-16(29-26-20(28)17-5-3-4-12-23-17)13-18(19)25-21(27)24-15-8-6-14(22)7-9-15/h3-13H,2H2,1H3,(H,24,25)(H,26,28). The molecule has 0 fully saturated rings. The lowest BCUT2D eigenvalue weighted by Crippen LogP contribution is -2.27. The second-order valence-corrected chi connectivity index (χ2v) is 6.21. The second kappa shape index (κ2) is 7.97. The SMILES string of the molecule is CCn1c(Nc2ccc(F)cc2)nc2cc(ONC(=O)c3ccccn3)ccc21. The third-order valence-corrected chi connectivity index (χ3v) is 4.30. The summed E-state index contributed by atoms with van der Waals surface area (Å²) in [4.78, 5) is 26.0. The Balaban J connectivity index is 1.54. The molecule has 0 unspecified atom stereocenters. The van der Waals surface area contributed by atoms with E-state index in [1.165, 1.54) is 18.3 Å². The minimum Gasteiger partial charge on any atom is -0.379 e. The van der Waals surface area contributed by atoms with Gasteiger partial charge in [0.2, 0.25) is 5.95 Å². The molecule has 0 aliphatic carbocycles. The first-order valence-electron chi connectivity index (χ1n) is 9.05. The maximum absolute atomic E-state index is 13.1. The van der Waals surface area contributed by atoms with E-state index in [0.29, 0.717) is 23.8 Å². The Labute approximate surface area is 166 Å². The zero-order valence-electron chi connectivity index (χ0n) is 15.6. The fourth-order valence-corrected chi connectivity index (χ4v) is 2.91. The summed E-state index contributed by atoms with van der Waals surface area (Å²) in [6, 6.07) is 16.5. The van der Waals surface area contributed by atoms with E-state index in [-0.39, 0.29) is 11.5 Å². The summed E-state index contributed by atoms with van der Waals surface area (Å²) in [5.41, 5.74) is 4.96. The topological polar surface area (TPSA) is 81.1 Å². The number of anilines is 2. The number of nitrogens with one attached hydrogen (secondary N) is 2. The number of rotatable bonds is 6. The van der Waals surface area contributed by atoms with E-state index >= 15 is 0 Å². The molecule has 0 spiro atoms. The lowest BCUT2D eigenvalue weighted by molar-refractivity contribution is 0.0754. The zero-order chi connectivity index (χ0) is 20.2. The van der Waals surface area contributed by atoms with E-state index in [0.717, 1.165) is 11.2 Å². The first-order chi connectivity index (χ1) is 14.1. The molecule has 7 nitrogen and oxygen atoms in total. The molecule has 4 rings (SSSR count). The van der Waals surface area contributed by atoms with Crippen molar-refractivity contribution < 1.29 is 14.0 Å². The largest absolute Gasteiger partial charge is 0.379 e. The molecule has 0 bridgehead atoms. The molecule has 2 aromatic heterocycles. The molecule has 4 aromatic rings. The van der Waals surface area contributed by atoms with Gasteiger partial charge in [-0.15, -0.1) is 0 Å². The minimum absolute atomic E-state index is 0.259. The summed E-state index contributed by atoms with van der Waals surface area (Å²) < 4.78 is 15.1. The number of imidazole rings is 1. The van der Waals surface area contributed by atoms with Crippen molar-refractivity contribution in [1.82, 2.24) is 20.0 Å². The van der Waals surface area contributed by atoms with Crippen LogP contribution in [0.5, 0.6) is 5.75 Å². The van der Waals surface area contributed by atoms with Gasteiger partial charge in [0.15, 0.2) is 5.75 Å². The molecule has 0 aliphatic rings. The van der Waals surface area contributed by atoms with Crippen molar-refractivity contribution in [2.24, 2.45) is 0 Å². The molecule has 146 valence electrons. The van der Waals surface area contributed by atoms with Gasteiger partial charge in [0.05, 0.1) is 11.0 Å². The highest BCUT2D eigenvalue weighted by Gasteiger charge is 2.12. The van der Waals surface area contributed by atoms with E-state index in [4.69, 9.17) is 4.84 Å². The predicted molar refractivity (Wildman–Crippen MR) is 107 cm³/mol. The molecule has 1 amide bonds. The number of hydroxylamine groups is 1. The molecule has 2 N–H and O–H groups in total. The number of hydrogen-bond acceptors (Lipinski definition) is 5. The third-order valence-electron chi connectivity index (χ3n) is 4.30. The van der Waals surface area contributed by atoms with Crippen LogP contribution in [0.4, 0.5) is 16.0 Å². The summed E-state index contributed by atoms with van der Waals surface area (Å²) in [7, 11) is 0. The van der Waals surface area contributed by atoms with Crippen LogP contribution in [0.3, 0.4) is 0 Å². The lowest BCUT2D eigenvalue weighted by Gasteiger charge is -2.09. The van der Waals surface area contributed by atoms with Crippen molar-refractivity contribution in [2.45, 2.75) is 13.5 Å². The second-order valence-electron chi connectivity index (χ2n) is 6.21. The fraction of sp³-hybridized carbons (Fsp3) is 0.0952. The van der Waals surface area contributed by atoms with Gasteiger partial charge in [-0.05, 0) is 55.5 Å². The normalized spacial score (nSPS) is 10.7. The molecule has 0 radical (unpaired) electrons. The van der Waals surface area contributed by atoms with Gasteiger partial charge in [-0.2, -0.15) is 5.48 Å². The Morgan fingerprint density at radius 2 is 1.97 bits per heavy atom. The van der Waals surface area contributed by atoms with Crippen molar-refractivity contribution in [3.05, 3.63) is 78.4 Å². The quantitative estimate of drug-likeness (QED) is 0.485. The number of halogens is 1. The van der Waals surface area contributed by atoms with Gasteiger partial charge in [-0.1, -0.05) is 6.07 Å². The summed E-state index contributed by atoms with van der Waals surface area (Å²) in [5.74, 6) is 0.331. The number of aromatic nitrogens is 3. The van der Waals surface area contributed by atoms with Crippen molar-refractivity contribution in [3.8, 4) is 5.75 Å².